The van der Waals surface area contributed by atoms with Gasteiger partial charge in [-0.15, -0.1) is 0 Å². The van der Waals surface area contributed by atoms with Crippen molar-refractivity contribution in [1.82, 2.24) is 10.0 Å². The maximum Gasteiger partial charge on any atom is 0.429 e. The second kappa shape index (κ2) is 12.0. The van der Waals surface area contributed by atoms with Crippen molar-refractivity contribution >= 4 is 45.5 Å². The number of hydrazine groups is 1. The van der Waals surface area contributed by atoms with Gasteiger partial charge >= 0.3 is 10.1 Å². The number of nitrogens with zero attached hydrogens (tertiary/aromatic N) is 3. The molecule has 0 saturated heterocycles. The summed E-state index contributed by atoms with van der Waals surface area (Å²) in [5.41, 5.74) is -3.42. The fourth-order valence-electron chi connectivity index (χ4n) is 4.91. The molecule has 3 unspecified atom stereocenters. The second-order valence-corrected chi connectivity index (χ2v) is 12.1. The normalized spacial score (nSPS) is 25.3. The molecule has 0 bridgehead atoms. The molecule has 0 radical (unpaired) electrons. The Hall–Kier alpha value is -2.76. The van der Waals surface area contributed by atoms with E-state index < -0.39 is 69.2 Å². The Morgan fingerprint density at radius 2 is 1.86 bits per heavy atom. The zero-order chi connectivity index (χ0) is 32.1. The Kier molecular flexibility index (Phi) is 9.22. The molecule has 2 heterocycles. The maximum atomic E-state index is 14.6. The van der Waals surface area contributed by atoms with Gasteiger partial charge in [0.25, 0.3) is 5.91 Å². The number of benzene rings is 1. The van der Waals surface area contributed by atoms with Gasteiger partial charge in [0.2, 0.25) is 0 Å². The van der Waals surface area contributed by atoms with Crippen molar-refractivity contribution in [3.05, 3.63) is 70.7 Å². The van der Waals surface area contributed by atoms with Crippen molar-refractivity contribution in [3.63, 3.8) is 0 Å². The number of allylic oxidation sites excluding steroid dienone is 4. The van der Waals surface area contributed by atoms with E-state index in [-0.39, 0.29) is 35.4 Å². The number of aliphatic imine (C=N–C) groups is 1. The number of rotatable bonds is 6. The lowest BCUT2D eigenvalue weighted by molar-refractivity contribution is -0.168. The first-order valence-electron chi connectivity index (χ1n) is 13.0. The molecular weight excluding hydrogens is 700 g/mol. The van der Waals surface area contributed by atoms with Gasteiger partial charge in [-0.25, -0.2) is 18.8 Å². The third-order valence-corrected chi connectivity index (χ3v) is 8.30. The van der Waals surface area contributed by atoms with E-state index in [4.69, 9.17) is 0 Å². The molecular formula is C28H28F7IN4O3. The van der Waals surface area contributed by atoms with E-state index in [0.717, 1.165) is 52.0 Å². The van der Waals surface area contributed by atoms with Crippen molar-refractivity contribution in [2.24, 2.45) is 4.99 Å². The van der Waals surface area contributed by atoms with Gasteiger partial charge < -0.3 is 15.5 Å². The van der Waals surface area contributed by atoms with Crippen molar-refractivity contribution < 1.29 is 45.7 Å². The molecule has 1 aliphatic carbocycles. The zero-order valence-electron chi connectivity index (χ0n) is 23.1. The zero-order valence-corrected chi connectivity index (χ0v) is 25.2. The minimum Gasteiger partial charge on any atom is -0.510 e. The highest BCUT2D eigenvalue weighted by Crippen LogP contribution is 2.41. The molecule has 3 atom stereocenters. The van der Waals surface area contributed by atoms with Gasteiger partial charge in [0.05, 0.1) is 5.54 Å². The molecule has 1 amide bonds. The number of halogens is 8. The van der Waals surface area contributed by atoms with Crippen molar-refractivity contribution in [1.29, 1.82) is 0 Å². The summed E-state index contributed by atoms with van der Waals surface area (Å²) in [7, 11) is 1.46. The predicted molar refractivity (Wildman–Crippen MR) is 155 cm³/mol. The number of hydrogen-bond acceptors (Lipinski definition) is 6. The molecule has 0 fully saturated rings. The van der Waals surface area contributed by atoms with Crippen LogP contribution in [0.3, 0.4) is 0 Å². The fraction of sp³-hybridized carbons (Fsp3) is 0.429. The largest absolute Gasteiger partial charge is 0.510 e. The molecule has 1 aromatic rings. The van der Waals surface area contributed by atoms with Gasteiger partial charge in [-0.05, 0) is 50.0 Å². The minimum absolute atomic E-state index is 0.0415. The van der Waals surface area contributed by atoms with Crippen molar-refractivity contribution in [2.75, 3.05) is 18.9 Å². The summed E-state index contributed by atoms with van der Waals surface area (Å²) in [6, 6.07) is 3.22. The molecule has 0 saturated carbocycles. The molecule has 7 nitrogen and oxygen atoms in total. The molecule has 1 aromatic carbocycles. The SMILES string of the molecule is CN1N(CC2=CC=CC(F)C2F)C(O)C(C(=O)Nc2cc(C(F)(F)I)ccc2C2=CN=C(C(F)(F)F)CC2)=C(O)C1(C)C. The number of carbonyl (C=O) groups is 1. The Labute approximate surface area is 256 Å². The summed E-state index contributed by atoms with van der Waals surface area (Å²) >= 11 is 0.882. The highest BCUT2D eigenvalue weighted by molar-refractivity contribution is 14.1. The van der Waals surface area contributed by atoms with Gasteiger partial charge in [-0.2, -0.15) is 22.0 Å². The van der Waals surface area contributed by atoms with E-state index in [2.05, 4.69) is 10.3 Å². The Balaban J connectivity index is 1.73. The lowest BCUT2D eigenvalue weighted by Crippen LogP contribution is -2.63. The fourth-order valence-corrected chi connectivity index (χ4v) is 5.25. The van der Waals surface area contributed by atoms with Crippen LogP contribution < -0.4 is 5.32 Å². The Morgan fingerprint density at radius 1 is 1.19 bits per heavy atom. The number of aliphatic hydroxyl groups excluding tert-OH is 2. The van der Waals surface area contributed by atoms with Crippen LogP contribution in [0.5, 0.6) is 0 Å². The van der Waals surface area contributed by atoms with Crippen molar-refractivity contribution in [2.45, 2.75) is 60.9 Å². The minimum atomic E-state index is -4.64. The third-order valence-electron chi connectivity index (χ3n) is 7.67. The van der Waals surface area contributed by atoms with Crippen LogP contribution >= 0.6 is 22.6 Å². The van der Waals surface area contributed by atoms with Crippen molar-refractivity contribution in [3.8, 4) is 0 Å². The van der Waals surface area contributed by atoms with Crippen LogP contribution in [0.4, 0.5) is 36.4 Å². The van der Waals surface area contributed by atoms with Crippen LogP contribution in [0.1, 0.15) is 37.8 Å². The summed E-state index contributed by atoms with van der Waals surface area (Å²) in [5, 5.41) is 27.2. The molecule has 3 N–H and O–H groups in total. The number of alkyl halides is 8. The molecule has 234 valence electrons. The van der Waals surface area contributed by atoms with E-state index in [0.29, 0.717) is 0 Å². The number of amides is 1. The van der Waals surface area contributed by atoms with Gasteiger partial charge in [0.1, 0.15) is 17.0 Å². The number of likely N-dealkylation sites (N-methyl/N-ethyl adjacent to an activating group) is 1. The monoisotopic (exact) mass is 728 g/mol. The second-order valence-electron chi connectivity index (χ2n) is 10.7. The first-order valence-corrected chi connectivity index (χ1v) is 14.0. The summed E-state index contributed by atoms with van der Waals surface area (Å²) in [6.45, 7) is 2.63. The quantitative estimate of drug-likeness (QED) is 0.177. The highest BCUT2D eigenvalue weighted by Gasteiger charge is 2.47. The predicted octanol–water partition coefficient (Wildman–Crippen LogP) is 6.49. The van der Waals surface area contributed by atoms with Gasteiger partial charge in [0, 0.05) is 59.2 Å². The van der Waals surface area contributed by atoms with Crippen LogP contribution in [-0.4, -0.2) is 75.7 Å². The van der Waals surface area contributed by atoms with Gasteiger partial charge in [-0.1, -0.05) is 24.3 Å². The maximum absolute atomic E-state index is 14.6. The van der Waals surface area contributed by atoms with Crippen LogP contribution in [-0.2, 0) is 8.72 Å². The number of nitrogens with one attached hydrogen (secondary N) is 1. The molecule has 4 rings (SSSR count). The first-order chi connectivity index (χ1) is 19.8. The Bertz CT molecular complexity index is 1450. The summed E-state index contributed by atoms with van der Waals surface area (Å²) in [6.07, 6.45) is -6.48. The molecule has 0 spiro atoms. The first kappa shape index (κ1) is 33.1. The van der Waals surface area contributed by atoms with E-state index >= 15 is 0 Å². The molecule has 15 heteroatoms. The standard InChI is InChI=1S/C28H28F7IN4O3/c1-26(2)23(41)21(25(43)40(39(26)3)13-15-5-4-6-18(29)22(15)30)24(42)38-19-11-16(28(34,35)36)8-9-17(19)14-7-10-20(37-12-14)27(31,32)33/h4-6,8-9,11-12,18,22,25,41,43H,7,10,13H2,1-3H3,(H,38,42). The van der Waals surface area contributed by atoms with Crippen LogP contribution in [0.15, 0.2) is 64.5 Å². The smallest absolute Gasteiger partial charge is 0.429 e. The number of anilines is 1. The third kappa shape index (κ3) is 6.68. The molecule has 3 aliphatic rings. The molecule has 2 aliphatic heterocycles. The lowest BCUT2D eigenvalue weighted by Gasteiger charge is -2.49. The summed E-state index contributed by atoms with van der Waals surface area (Å²) in [5.74, 6) is -1.69. The van der Waals surface area contributed by atoms with E-state index in [9.17, 15) is 45.7 Å². The average molecular weight is 728 g/mol. The average Bonchev–Trinajstić information content (AvgIpc) is 2.92. The van der Waals surface area contributed by atoms with Crippen LogP contribution in [0, 0.1) is 0 Å². The van der Waals surface area contributed by atoms with Crippen LogP contribution in [0.25, 0.3) is 5.57 Å². The number of aliphatic hydroxyl groups is 2. The van der Waals surface area contributed by atoms with Gasteiger partial charge in [0.15, 0.2) is 18.6 Å². The van der Waals surface area contributed by atoms with Gasteiger partial charge in [-0.3, -0.25) is 9.79 Å². The van der Waals surface area contributed by atoms with E-state index in [1.165, 1.54) is 44.1 Å². The number of hydrogen-bond donors (Lipinski definition) is 3. The summed E-state index contributed by atoms with van der Waals surface area (Å²) in [4.78, 5) is 17.1. The Morgan fingerprint density at radius 3 is 2.44 bits per heavy atom. The topological polar surface area (TPSA) is 88.4 Å². The number of carbonyl (C=O) groups excluding carboxylic acids is 1. The molecule has 43 heavy (non-hydrogen) atoms. The van der Waals surface area contributed by atoms with E-state index in [1.54, 1.807) is 0 Å². The lowest BCUT2D eigenvalue weighted by atomic mass is 9.92. The highest BCUT2D eigenvalue weighted by atomic mass is 127. The van der Waals surface area contributed by atoms with E-state index in [1.807, 2.05) is 0 Å². The summed E-state index contributed by atoms with van der Waals surface area (Å²) < 4.78 is 92.9. The van der Waals surface area contributed by atoms with Crippen LogP contribution in [0.2, 0.25) is 0 Å². The molecule has 0 aromatic heterocycles.